The highest BCUT2D eigenvalue weighted by molar-refractivity contribution is 9.10. The number of aromatic nitrogens is 3. The van der Waals surface area contributed by atoms with E-state index in [-0.39, 0.29) is 12.3 Å². The highest BCUT2D eigenvalue weighted by Gasteiger charge is 2.08. The number of nitrogens with one attached hydrogen (secondary N) is 2. The fourth-order valence-electron chi connectivity index (χ4n) is 2.24. The van der Waals surface area contributed by atoms with Crippen molar-refractivity contribution >= 4 is 39.1 Å². The van der Waals surface area contributed by atoms with Crippen LogP contribution in [0.5, 0.6) is 0 Å². The standard InChI is InChI=1S/C19H18BrN5O2/c1-12(14-6-4-3-5-7-14)8-15(26)10-21-19-22-11-16(20)18(24-19)23-17-9-13(2)27-25-17/h3-9,11,26H,1,10H2,2H3,(H2,21,22,23,24,25)/b15-8-. The number of nitrogens with zero attached hydrogens (tertiary/aromatic N) is 3. The Morgan fingerprint density at radius 2 is 2.11 bits per heavy atom. The molecule has 0 unspecified atom stereocenters. The fraction of sp³-hybridized carbons (Fsp3) is 0.105. The van der Waals surface area contributed by atoms with Gasteiger partial charge in [0.2, 0.25) is 5.95 Å². The van der Waals surface area contributed by atoms with E-state index in [0.29, 0.717) is 27.8 Å². The van der Waals surface area contributed by atoms with Crippen LogP contribution in [0.4, 0.5) is 17.6 Å². The zero-order chi connectivity index (χ0) is 19.2. The van der Waals surface area contributed by atoms with Crippen molar-refractivity contribution in [1.82, 2.24) is 15.1 Å². The lowest BCUT2D eigenvalue weighted by Crippen LogP contribution is -2.09. The Morgan fingerprint density at radius 1 is 1.33 bits per heavy atom. The third-order valence-corrected chi connectivity index (χ3v) is 4.11. The van der Waals surface area contributed by atoms with Crippen LogP contribution >= 0.6 is 15.9 Å². The van der Waals surface area contributed by atoms with Gasteiger partial charge in [-0.1, -0.05) is 42.1 Å². The number of hydrogen-bond acceptors (Lipinski definition) is 7. The highest BCUT2D eigenvalue weighted by atomic mass is 79.9. The smallest absolute Gasteiger partial charge is 0.225 e. The van der Waals surface area contributed by atoms with Crippen LogP contribution < -0.4 is 10.6 Å². The molecule has 2 heterocycles. The minimum atomic E-state index is 0.122. The average Bonchev–Trinajstić information content (AvgIpc) is 3.08. The second-order valence-electron chi connectivity index (χ2n) is 5.72. The zero-order valence-corrected chi connectivity index (χ0v) is 16.2. The quantitative estimate of drug-likeness (QED) is 0.366. The van der Waals surface area contributed by atoms with Gasteiger partial charge in [-0.05, 0) is 40.1 Å². The third-order valence-electron chi connectivity index (χ3n) is 3.53. The maximum absolute atomic E-state index is 10.1. The number of aryl methyl sites for hydroxylation is 1. The van der Waals surface area contributed by atoms with E-state index in [4.69, 9.17) is 4.52 Å². The molecule has 27 heavy (non-hydrogen) atoms. The monoisotopic (exact) mass is 427 g/mol. The predicted octanol–water partition coefficient (Wildman–Crippen LogP) is 4.85. The second kappa shape index (κ2) is 8.50. The summed E-state index contributed by atoms with van der Waals surface area (Å²) in [5.41, 5.74) is 1.66. The van der Waals surface area contributed by atoms with Crippen LogP contribution in [-0.2, 0) is 0 Å². The first-order valence-electron chi connectivity index (χ1n) is 8.12. The van der Waals surface area contributed by atoms with Gasteiger partial charge in [0.1, 0.15) is 11.5 Å². The van der Waals surface area contributed by atoms with E-state index in [0.717, 1.165) is 11.1 Å². The number of benzene rings is 1. The molecule has 0 bridgehead atoms. The van der Waals surface area contributed by atoms with Gasteiger partial charge in [-0.15, -0.1) is 0 Å². The van der Waals surface area contributed by atoms with E-state index < -0.39 is 0 Å². The Kier molecular flexibility index (Phi) is 5.87. The van der Waals surface area contributed by atoms with E-state index in [1.165, 1.54) is 0 Å². The number of anilines is 3. The van der Waals surface area contributed by atoms with Crippen LogP contribution in [0.1, 0.15) is 11.3 Å². The normalized spacial score (nSPS) is 11.3. The minimum Gasteiger partial charge on any atom is -0.510 e. The molecule has 8 heteroatoms. The molecule has 0 saturated carbocycles. The molecule has 0 amide bonds. The molecule has 1 aromatic carbocycles. The number of rotatable bonds is 7. The molecule has 0 atom stereocenters. The average molecular weight is 428 g/mol. The Balaban J connectivity index is 1.64. The lowest BCUT2D eigenvalue weighted by Gasteiger charge is -2.09. The molecule has 0 radical (unpaired) electrons. The summed E-state index contributed by atoms with van der Waals surface area (Å²) >= 11 is 3.39. The summed E-state index contributed by atoms with van der Waals surface area (Å²) in [4.78, 5) is 8.54. The van der Waals surface area contributed by atoms with Gasteiger partial charge < -0.3 is 20.3 Å². The van der Waals surface area contributed by atoms with E-state index in [1.807, 2.05) is 30.3 Å². The van der Waals surface area contributed by atoms with Crippen molar-refractivity contribution in [3.05, 3.63) is 76.8 Å². The summed E-state index contributed by atoms with van der Waals surface area (Å²) < 4.78 is 5.70. The van der Waals surface area contributed by atoms with Crippen LogP contribution in [0.15, 0.2) is 70.0 Å². The summed E-state index contributed by atoms with van der Waals surface area (Å²) in [6, 6.07) is 11.4. The molecule has 0 aliphatic rings. The first kappa shape index (κ1) is 18.7. The molecule has 2 aromatic heterocycles. The van der Waals surface area contributed by atoms with Crippen molar-refractivity contribution in [2.24, 2.45) is 0 Å². The van der Waals surface area contributed by atoms with E-state index in [9.17, 15) is 5.11 Å². The second-order valence-corrected chi connectivity index (χ2v) is 6.57. The summed E-state index contributed by atoms with van der Waals surface area (Å²) in [5.74, 6) is 2.23. The molecule has 0 spiro atoms. The van der Waals surface area contributed by atoms with E-state index in [1.54, 1.807) is 25.3 Å². The zero-order valence-electron chi connectivity index (χ0n) is 14.6. The van der Waals surface area contributed by atoms with Crippen LogP contribution in [0.2, 0.25) is 0 Å². The summed E-state index contributed by atoms with van der Waals surface area (Å²) in [6.07, 6.45) is 3.22. The molecule has 0 fully saturated rings. The number of hydrogen-bond donors (Lipinski definition) is 3. The molecule has 0 aliphatic carbocycles. The first-order chi connectivity index (χ1) is 13.0. The van der Waals surface area contributed by atoms with Crippen LogP contribution in [-0.4, -0.2) is 26.8 Å². The largest absolute Gasteiger partial charge is 0.510 e. The molecule has 0 aliphatic heterocycles. The molecule has 7 nitrogen and oxygen atoms in total. The Bertz CT molecular complexity index is 969. The van der Waals surface area contributed by atoms with Gasteiger partial charge in [-0.3, -0.25) is 0 Å². The number of aliphatic hydroxyl groups is 1. The van der Waals surface area contributed by atoms with Gasteiger partial charge in [0.25, 0.3) is 0 Å². The molecule has 0 saturated heterocycles. The Labute approximate surface area is 165 Å². The lowest BCUT2D eigenvalue weighted by molar-refractivity contribution is 0.400. The van der Waals surface area contributed by atoms with Gasteiger partial charge in [-0.2, -0.15) is 4.98 Å². The third kappa shape index (κ3) is 5.18. The lowest BCUT2D eigenvalue weighted by atomic mass is 10.1. The van der Waals surface area contributed by atoms with Gasteiger partial charge in [0, 0.05) is 12.3 Å². The molecule has 138 valence electrons. The molecule has 3 aromatic rings. The van der Waals surface area contributed by atoms with E-state index >= 15 is 0 Å². The maximum atomic E-state index is 10.1. The van der Waals surface area contributed by atoms with Crippen LogP contribution in [0.25, 0.3) is 5.57 Å². The molecular weight excluding hydrogens is 410 g/mol. The van der Waals surface area contributed by atoms with Gasteiger partial charge in [-0.25, -0.2) is 4.98 Å². The molecule has 3 N–H and O–H groups in total. The SMILES string of the molecule is C=C(/C=C(\O)CNc1ncc(Br)c(Nc2cc(C)on2)n1)c1ccccc1. The minimum absolute atomic E-state index is 0.122. The maximum Gasteiger partial charge on any atom is 0.225 e. The van der Waals surface area contributed by atoms with Crippen molar-refractivity contribution in [2.45, 2.75) is 6.92 Å². The van der Waals surface area contributed by atoms with Crippen LogP contribution in [0.3, 0.4) is 0 Å². The fourth-order valence-corrected chi connectivity index (χ4v) is 2.53. The van der Waals surface area contributed by atoms with Gasteiger partial charge in [0.15, 0.2) is 11.6 Å². The topological polar surface area (TPSA) is 96.1 Å². The van der Waals surface area contributed by atoms with Crippen molar-refractivity contribution in [2.75, 3.05) is 17.2 Å². The summed E-state index contributed by atoms with van der Waals surface area (Å²) in [5, 5.41) is 20.0. The molecular formula is C19H18BrN5O2. The van der Waals surface area contributed by atoms with Crippen molar-refractivity contribution < 1.29 is 9.63 Å². The predicted molar refractivity (Wildman–Crippen MR) is 109 cm³/mol. The van der Waals surface area contributed by atoms with Gasteiger partial charge >= 0.3 is 0 Å². The van der Waals surface area contributed by atoms with E-state index in [2.05, 4.69) is 48.3 Å². The number of aliphatic hydroxyl groups excluding tert-OH is 1. The molecule has 3 rings (SSSR count). The first-order valence-corrected chi connectivity index (χ1v) is 8.91. The van der Waals surface area contributed by atoms with Crippen molar-refractivity contribution in [3.8, 4) is 0 Å². The highest BCUT2D eigenvalue weighted by Crippen LogP contribution is 2.24. The van der Waals surface area contributed by atoms with Gasteiger partial charge in [0.05, 0.1) is 11.0 Å². The summed E-state index contributed by atoms with van der Waals surface area (Å²) in [7, 11) is 0. The van der Waals surface area contributed by atoms with Crippen molar-refractivity contribution in [1.29, 1.82) is 0 Å². The number of halogens is 1. The summed E-state index contributed by atoms with van der Waals surface area (Å²) in [6.45, 7) is 5.93. The Hall–Kier alpha value is -3.13. The Morgan fingerprint density at radius 3 is 2.81 bits per heavy atom. The van der Waals surface area contributed by atoms with Crippen molar-refractivity contribution in [3.63, 3.8) is 0 Å². The van der Waals surface area contributed by atoms with Crippen LogP contribution in [0, 0.1) is 6.92 Å². The number of allylic oxidation sites excluding steroid dienone is 2.